The van der Waals surface area contributed by atoms with Crippen LogP contribution in [0.25, 0.3) is 0 Å². The van der Waals surface area contributed by atoms with E-state index in [1.54, 1.807) is 20.8 Å². The number of carboxylic acid groups (broad SMARTS) is 1. The van der Waals surface area contributed by atoms with Crippen LogP contribution in [0.4, 0.5) is 0 Å². The number of benzene rings is 1. The molecule has 0 heterocycles. The van der Waals surface area contributed by atoms with Crippen LogP contribution in [0.2, 0.25) is 0 Å². The number of hydrogen-bond donors (Lipinski definition) is 2. The van der Waals surface area contributed by atoms with Crippen molar-refractivity contribution in [2.45, 2.75) is 39.7 Å². The van der Waals surface area contributed by atoms with Crippen molar-refractivity contribution in [2.24, 2.45) is 5.41 Å². The highest BCUT2D eigenvalue weighted by atomic mass is 16.4. The van der Waals surface area contributed by atoms with Gasteiger partial charge in [-0.1, -0.05) is 51.1 Å². The molecule has 1 aromatic carbocycles. The maximum absolute atomic E-state index is 11.8. The quantitative estimate of drug-likeness (QED) is 0.856. The van der Waals surface area contributed by atoms with Gasteiger partial charge in [-0.2, -0.15) is 0 Å². The second-order valence-electron chi connectivity index (χ2n) is 5.64. The second kappa shape index (κ2) is 6.36. The largest absolute Gasteiger partial charge is 0.480 e. The maximum atomic E-state index is 11.8. The minimum atomic E-state index is -0.992. The third-order valence-electron chi connectivity index (χ3n) is 2.85. The fraction of sp³-hybridized carbons (Fsp3) is 0.467. The van der Waals surface area contributed by atoms with Gasteiger partial charge < -0.3 is 10.4 Å². The molecule has 0 fully saturated rings. The minimum Gasteiger partial charge on any atom is -0.480 e. The van der Waals surface area contributed by atoms with Gasteiger partial charge in [0, 0.05) is 5.41 Å². The summed E-state index contributed by atoms with van der Waals surface area (Å²) in [7, 11) is 0. The highest BCUT2D eigenvalue weighted by Gasteiger charge is 2.27. The van der Waals surface area contributed by atoms with Gasteiger partial charge in [0.1, 0.15) is 6.04 Å². The number of carbonyl (C=O) groups excluding carboxylic acids is 1. The molecule has 0 bridgehead atoms. The maximum Gasteiger partial charge on any atom is 0.326 e. The molecule has 0 aromatic heterocycles. The summed E-state index contributed by atoms with van der Waals surface area (Å²) in [6.45, 7) is 5.29. The standard InChI is InChI=1S/C15H21NO3/c1-15(2,3)14(19)16-12(13(17)18)10-9-11-7-5-4-6-8-11/h4-8,12H,9-10H2,1-3H3,(H,16,19)(H,17,18)/t12-/m0/s1. The number of aliphatic carboxylic acids is 1. The number of rotatable bonds is 5. The smallest absolute Gasteiger partial charge is 0.326 e. The Bertz CT molecular complexity index is 434. The summed E-state index contributed by atoms with van der Waals surface area (Å²) < 4.78 is 0. The molecule has 19 heavy (non-hydrogen) atoms. The van der Waals surface area contributed by atoms with Gasteiger partial charge >= 0.3 is 5.97 Å². The fourth-order valence-electron chi connectivity index (χ4n) is 1.59. The molecule has 0 radical (unpaired) electrons. The number of amides is 1. The molecule has 0 unspecified atom stereocenters. The minimum absolute atomic E-state index is 0.243. The molecule has 104 valence electrons. The van der Waals surface area contributed by atoms with Gasteiger partial charge in [0.05, 0.1) is 0 Å². The van der Waals surface area contributed by atoms with Crippen LogP contribution >= 0.6 is 0 Å². The first kappa shape index (κ1) is 15.2. The zero-order valence-corrected chi connectivity index (χ0v) is 11.6. The lowest BCUT2D eigenvalue weighted by Crippen LogP contribution is -2.45. The Morgan fingerprint density at radius 1 is 1.21 bits per heavy atom. The fourth-order valence-corrected chi connectivity index (χ4v) is 1.59. The van der Waals surface area contributed by atoms with Gasteiger partial charge in [0.25, 0.3) is 0 Å². The first-order chi connectivity index (χ1) is 8.80. The van der Waals surface area contributed by atoms with Gasteiger partial charge in [-0.3, -0.25) is 4.79 Å². The summed E-state index contributed by atoms with van der Waals surface area (Å²) in [5, 5.41) is 11.7. The first-order valence-corrected chi connectivity index (χ1v) is 6.38. The average molecular weight is 263 g/mol. The molecule has 0 saturated carbocycles. The van der Waals surface area contributed by atoms with Crippen molar-refractivity contribution < 1.29 is 14.7 Å². The van der Waals surface area contributed by atoms with Crippen LogP contribution in [0.5, 0.6) is 0 Å². The molecule has 0 aliphatic rings. The summed E-state index contributed by atoms with van der Waals surface area (Å²) in [4.78, 5) is 23.0. The molecule has 4 nitrogen and oxygen atoms in total. The SMILES string of the molecule is CC(C)(C)C(=O)N[C@@H](CCc1ccccc1)C(=O)O. The van der Waals surface area contributed by atoms with E-state index in [9.17, 15) is 9.59 Å². The summed E-state index contributed by atoms with van der Waals surface area (Å²) >= 11 is 0. The third kappa shape index (κ3) is 5.12. The zero-order valence-electron chi connectivity index (χ0n) is 11.6. The van der Waals surface area contributed by atoms with E-state index in [0.717, 1.165) is 5.56 Å². The Kier molecular flexibility index (Phi) is 5.10. The van der Waals surface area contributed by atoms with Crippen LogP contribution in [0.1, 0.15) is 32.8 Å². The monoisotopic (exact) mass is 263 g/mol. The molecule has 1 rings (SSSR count). The van der Waals surface area contributed by atoms with Crippen molar-refractivity contribution in [3.05, 3.63) is 35.9 Å². The van der Waals surface area contributed by atoms with Crippen LogP contribution in [0, 0.1) is 5.41 Å². The molecule has 1 amide bonds. The Labute approximate surface area is 113 Å². The number of carboxylic acids is 1. The lowest BCUT2D eigenvalue weighted by molar-refractivity contribution is -0.143. The normalized spacial score (nSPS) is 12.8. The first-order valence-electron chi connectivity index (χ1n) is 6.38. The van der Waals surface area contributed by atoms with Crippen molar-refractivity contribution in [3.63, 3.8) is 0 Å². The van der Waals surface area contributed by atoms with Crippen LogP contribution in [-0.2, 0) is 16.0 Å². The van der Waals surface area contributed by atoms with E-state index in [-0.39, 0.29) is 5.91 Å². The summed E-state index contributed by atoms with van der Waals surface area (Å²) in [5.74, 6) is -1.23. The molecule has 1 aromatic rings. The second-order valence-corrected chi connectivity index (χ2v) is 5.64. The number of nitrogens with one attached hydrogen (secondary N) is 1. The molecule has 0 aliphatic carbocycles. The Morgan fingerprint density at radius 2 is 1.79 bits per heavy atom. The lowest BCUT2D eigenvalue weighted by Gasteiger charge is -2.21. The topological polar surface area (TPSA) is 66.4 Å². The van der Waals surface area contributed by atoms with Crippen molar-refractivity contribution in [2.75, 3.05) is 0 Å². The van der Waals surface area contributed by atoms with E-state index in [1.165, 1.54) is 0 Å². The van der Waals surface area contributed by atoms with Crippen molar-refractivity contribution >= 4 is 11.9 Å². The van der Waals surface area contributed by atoms with Crippen LogP contribution in [0.15, 0.2) is 30.3 Å². The van der Waals surface area contributed by atoms with Gasteiger partial charge in [0.2, 0.25) is 5.91 Å². The molecule has 0 saturated heterocycles. The Hall–Kier alpha value is -1.84. The lowest BCUT2D eigenvalue weighted by atomic mass is 9.94. The zero-order chi connectivity index (χ0) is 14.5. The highest BCUT2D eigenvalue weighted by molar-refractivity contribution is 5.86. The van der Waals surface area contributed by atoms with E-state index < -0.39 is 17.4 Å². The Morgan fingerprint density at radius 3 is 2.26 bits per heavy atom. The molecule has 2 N–H and O–H groups in total. The molecular weight excluding hydrogens is 242 g/mol. The summed E-state index contributed by atoms with van der Waals surface area (Å²) in [6, 6.07) is 8.80. The van der Waals surface area contributed by atoms with Gasteiger partial charge in [0.15, 0.2) is 0 Å². The summed E-state index contributed by atoms with van der Waals surface area (Å²) in [6.07, 6.45) is 1.02. The van der Waals surface area contributed by atoms with Crippen LogP contribution in [0.3, 0.4) is 0 Å². The number of aryl methyl sites for hydroxylation is 1. The van der Waals surface area contributed by atoms with Gasteiger partial charge in [-0.25, -0.2) is 4.79 Å². The number of hydrogen-bond acceptors (Lipinski definition) is 2. The predicted molar refractivity (Wildman–Crippen MR) is 73.8 cm³/mol. The molecule has 0 aliphatic heterocycles. The molecule has 0 spiro atoms. The van der Waals surface area contributed by atoms with Gasteiger partial charge in [-0.05, 0) is 18.4 Å². The highest BCUT2D eigenvalue weighted by Crippen LogP contribution is 2.14. The molecule has 4 heteroatoms. The van der Waals surface area contributed by atoms with E-state index in [2.05, 4.69) is 5.32 Å². The third-order valence-corrected chi connectivity index (χ3v) is 2.85. The van der Waals surface area contributed by atoms with Crippen LogP contribution in [-0.4, -0.2) is 23.0 Å². The average Bonchev–Trinajstić information content (AvgIpc) is 2.33. The summed E-state index contributed by atoms with van der Waals surface area (Å²) in [5.41, 5.74) is 0.485. The number of carbonyl (C=O) groups is 2. The Balaban J connectivity index is 2.59. The van der Waals surface area contributed by atoms with Crippen LogP contribution < -0.4 is 5.32 Å². The van der Waals surface area contributed by atoms with Crippen molar-refractivity contribution in [3.8, 4) is 0 Å². The van der Waals surface area contributed by atoms with E-state index in [0.29, 0.717) is 12.8 Å². The van der Waals surface area contributed by atoms with E-state index in [4.69, 9.17) is 5.11 Å². The van der Waals surface area contributed by atoms with Crippen molar-refractivity contribution in [1.29, 1.82) is 0 Å². The molecule has 1 atom stereocenters. The molecular formula is C15H21NO3. The van der Waals surface area contributed by atoms with E-state index >= 15 is 0 Å². The van der Waals surface area contributed by atoms with E-state index in [1.807, 2.05) is 30.3 Å². The van der Waals surface area contributed by atoms with Gasteiger partial charge in [-0.15, -0.1) is 0 Å². The van der Waals surface area contributed by atoms with Crippen molar-refractivity contribution in [1.82, 2.24) is 5.32 Å². The predicted octanol–water partition coefficient (Wildman–Crippen LogP) is 2.23.